The van der Waals surface area contributed by atoms with Gasteiger partial charge in [-0.2, -0.15) is 0 Å². The van der Waals surface area contributed by atoms with Gasteiger partial charge in [-0.3, -0.25) is 4.79 Å². The Morgan fingerprint density at radius 2 is 2.11 bits per heavy atom. The number of halogens is 1. The molecule has 0 saturated carbocycles. The van der Waals surface area contributed by atoms with Crippen LogP contribution in [0.4, 0.5) is 0 Å². The zero-order valence-electron chi connectivity index (χ0n) is 11.0. The van der Waals surface area contributed by atoms with Gasteiger partial charge in [0.25, 0.3) is 5.91 Å². The van der Waals surface area contributed by atoms with Crippen LogP contribution in [0, 0.1) is 0 Å². The summed E-state index contributed by atoms with van der Waals surface area (Å²) in [7, 11) is 1.48. The summed E-state index contributed by atoms with van der Waals surface area (Å²) in [6.07, 6.45) is 0. The first-order valence-electron chi connectivity index (χ1n) is 5.80. The summed E-state index contributed by atoms with van der Waals surface area (Å²) in [5.74, 6) is -0.417. The van der Waals surface area contributed by atoms with Gasteiger partial charge in [-0.05, 0) is 32.0 Å². The number of nitrogens with one attached hydrogen (secondary N) is 1. The first kappa shape index (κ1) is 15.5. The number of esters is 1. The molecule has 1 unspecified atom stereocenters. The molecule has 1 atom stereocenters. The minimum Gasteiger partial charge on any atom is -0.496 e. The van der Waals surface area contributed by atoms with Crippen LogP contribution in [0.1, 0.15) is 24.2 Å². The predicted molar refractivity (Wildman–Crippen MR) is 74.3 cm³/mol. The highest BCUT2D eigenvalue weighted by Crippen LogP contribution is 2.23. The zero-order valence-corrected chi connectivity index (χ0v) is 12.6. The number of carbonyl (C=O) groups is 2. The summed E-state index contributed by atoms with van der Waals surface area (Å²) >= 11 is 3.30. The Labute approximate surface area is 120 Å². The molecule has 0 radical (unpaired) electrons. The second-order valence-electron chi connectivity index (χ2n) is 3.79. The molecule has 0 aliphatic carbocycles. The van der Waals surface area contributed by atoms with Gasteiger partial charge in [0.2, 0.25) is 0 Å². The Kier molecular flexibility index (Phi) is 5.82. The van der Waals surface area contributed by atoms with Crippen molar-refractivity contribution in [2.24, 2.45) is 0 Å². The van der Waals surface area contributed by atoms with Gasteiger partial charge in [-0.25, -0.2) is 4.79 Å². The molecule has 1 aromatic rings. The summed E-state index contributed by atoms with van der Waals surface area (Å²) in [5, 5.41) is 2.57. The molecule has 1 aromatic carbocycles. The van der Waals surface area contributed by atoms with E-state index in [1.807, 2.05) is 0 Å². The third kappa shape index (κ3) is 4.24. The van der Waals surface area contributed by atoms with Crippen molar-refractivity contribution in [2.75, 3.05) is 13.7 Å². The van der Waals surface area contributed by atoms with Gasteiger partial charge >= 0.3 is 5.97 Å². The second kappa shape index (κ2) is 7.13. The van der Waals surface area contributed by atoms with Crippen molar-refractivity contribution in [3.05, 3.63) is 28.2 Å². The molecule has 0 heterocycles. The summed E-state index contributed by atoms with van der Waals surface area (Å²) in [4.78, 5) is 23.5. The number of hydrogen-bond acceptors (Lipinski definition) is 4. The minimum absolute atomic E-state index is 0.278. The molecule has 104 valence electrons. The van der Waals surface area contributed by atoms with Gasteiger partial charge in [-0.15, -0.1) is 0 Å². The van der Waals surface area contributed by atoms with Crippen molar-refractivity contribution in [3.63, 3.8) is 0 Å². The van der Waals surface area contributed by atoms with Crippen LogP contribution in [-0.2, 0) is 9.53 Å². The summed E-state index contributed by atoms with van der Waals surface area (Å²) in [5.41, 5.74) is 0.363. The van der Waals surface area contributed by atoms with Crippen LogP contribution in [0.15, 0.2) is 22.7 Å². The Hall–Kier alpha value is -1.56. The van der Waals surface area contributed by atoms with Crippen molar-refractivity contribution in [3.8, 4) is 5.75 Å². The van der Waals surface area contributed by atoms with Gasteiger partial charge < -0.3 is 14.8 Å². The SMILES string of the molecule is CCOC(=O)C(C)NC(=O)c1ccc(Br)cc1OC. The average Bonchev–Trinajstić information content (AvgIpc) is 2.38. The molecule has 0 aromatic heterocycles. The molecule has 0 aliphatic rings. The van der Waals surface area contributed by atoms with Crippen molar-refractivity contribution >= 4 is 27.8 Å². The van der Waals surface area contributed by atoms with Crippen LogP contribution in [0.2, 0.25) is 0 Å². The fourth-order valence-electron chi connectivity index (χ4n) is 1.45. The van der Waals surface area contributed by atoms with Gasteiger partial charge in [0.1, 0.15) is 11.8 Å². The Morgan fingerprint density at radius 1 is 1.42 bits per heavy atom. The van der Waals surface area contributed by atoms with Crippen LogP contribution in [0.5, 0.6) is 5.75 Å². The molecule has 0 saturated heterocycles. The van der Waals surface area contributed by atoms with Gasteiger partial charge in [0, 0.05) is 4.47 Å². The van der Waals surface area contributed by atoms with Crippen LogP contribution in [-0.4, -0.2) is 31.6 Å². The zero-order chi connectivity index (χ0) is 14.4. The largest absolute Gasteiger partial charge is 0.496 e. The van der Waals surface area contributed by atoms with Crippen molar-refractivity contribution in [1.82, 2.24) is 5.32 Å². The predicted octanol–water partition coefficient (Wildman–Crippen LogP) is 2.14. The van der Waals surface area contributed by atoms with Crippen molar-refractivity contribution < 1.29 is 19.1 Å². The molecular formula is C13H16BrNO4. The second-order valence-corrected chi connectivity index (χ2v) is 4.71. The summed E-state index contributed by atoms with van der Waals surface area (Å²) < 4.78 is 10.8. The normalized spacial score (nSPS) is 11.6. The maximum Gasteiger partial charge on any atom is 0.328 e. The molecule has 1 rings (SSSR count). The minimum atomic E-state index is -0.708. The van der Waals surface area contributed by atoms with Crippen molar-refractivity contribution in [1.29, 1.82) is 0 Å². The number of rotatable bonds is 5. The van der Waals surface area contributed by atoms with E-state index in [1.54, 1.807) is 32.0 Å². The average molecular weight is 330 g/mol. The Balaban J connectivity index is 2.81. The van der Waals surface area contributed by atoms with E-state index < -0.39 is 12.0 Å². The molecule has 1 N–H and O–H groups in total. The van der Waals surface area contributed by atoms with Crippen LogP contribution in [0.25, 0.3) is 0 Å². The van der Waals surface area contributed by atoms with E-state index in [0.29, 0.717) is 11.3 Å². The number of methoxy groups -OCH3 is 1. The standard InChI is InChI=1S/C13H16BrNO4/c1-4-19-13(17)8(2)15-12(16)10-6-5-9(14)7-11(10)18-3/h5-8H,4H2,1-3H3,(H,15,16). The molecule has 1 amide bonds. The summed E-state index contributed by atoms with van der Waals surface area (Å²) in [6.45, 7) is 3.56. The number of benzene rings is 1. The van der Waals surface area contributed by atoms with E-state index in [0.717, 1.165) is 4.47 Å². The fourth-order valence-corrected chi connectivity index (χ4v) is 1.79. The third-order valence-corrected chi connectivity index (χ3v) is 2.89. The van der Waals surface area contributed by atoms with Gasteiger partial charge in [-0.1, -0.05) is 15.9 Å². The third-order valence-electron chi connectivity index (χ3n) is 2.40. The van der Waals surface area contributed by atoms with Crippen molar-refractivity contribution in [2.45, 2.75) is 19.9 Å². The molecule has 19 heavy (non-hydrogen) atoms. The van der Waals surface area contributed by atoms with Gasteiger partial charge in [0.15, 0.2) is 0 Å². The van der Waals surface area contributed by atoms with Gasteiger partial charge in [0.05, 0.1) is 19.3 Å². The van der Waals surface area contributed by atoms with E-state index in [2.05, 4.69) is 21.2 Å². The smallest absolute Gasteiger partial charge is 0.328 e. The first-order valence-corrected chi connectivity index (χ1v) is 6.60. The molecule has 0 bridgehead atoms. The lowest BCUT2D eigenvalue weighted by Crippen LogP contribution is -2.39. The van der Waals surface area contributed by atoms with Crippen LogP contribution in [0.3, 0.4) is 0 Å². The highest BCUT2D eigenvalue weighted by atomic mass is 79.9. The quantitative estimate of drug-likeness (QED) is 0.840. The van der Waals surface area contributed by atoms with E-state index in [4.69, 9.17) is 9.47 Å². The Morgan fingerprint density at radius 3 is 2.68 bits per heavy atom. The molecule has 0 spiro atoms. The highest BCUT2D eigenvalue weighted by molar-refractivity contribution is 9.10. The van der Waals surface area contributed by atoms with E-state index >= 15 is 0 Å². The lowest BCUT2D eigenvalue weighted by Gasteiger charge is -2.14. The lowest BCUT2D eigenvalue weighted by atomic mass is 10.1. The first-order chi connectivity index (χ1) is 8.99. The molecule has 5 nitrogen and oxygen atoms in total. The molecule has 0 fully saturated rings. The van der Waals surface area contributed by atoms with E-state index in [9.17, 15) is 9.59 Å². The topological polar surface area (TPSA) is 64.6 Å². The number of ether oxygens (including phenoxy) is 2. The lowest BCUT2D eigenvalue weighted by molar-refractivity contribution is -0.144. The number of carbonyl (C=O) groups excluding carboxylic acids is 2. The van der Waals surface area contributed by atoms with E-state index in [1.165, 1.54) is 7.11 Å². The molecular weight excluding hydrogens is 314 g/mol. The molecule has 0 aliphatic heterocycles. The van der Waals surface area contributed by atoms with E-state index in [-0.39, 0.29) is 12.5 Å². The highest BCUT2D eigenvalue weighted by Gasteiger charge is 2.19. The molecule has 6 heteroatoms. The number of amides is 1. The maximum absolute atomic E-state index is 12.0. The Bertz CT molecular complexity index is 476. The number of hydrogen-bond donors (Lipinski definition) is 1. The van der Waals surface area contributed by atoms with Crippen LogP contribution >= 0.6 is 15.9 Å². The monoisotopic (exact) mass is 329 g/mol. The summed E-state index contributed by atoms with van der Waals surface area (Å²) in [6, 6.07) is 4.33. The maximum atomic E-state index is 12.0. The van der Waals surface area contributed by atoms with Crippen LogP contribution < -0.4 is 10.1 Å². The fraction of sp³-hybridized carbons (Fsp3) is 0.385.